The Morgan fingerprint density at radius 1 is 1.29 bits per heavy atom. The minimum absolute atomic E-state index is 0.138. The Hall–Kier alpha value is -2.11. The third kappa shape index (κ3) is 4.18. The quantitative estimate of drug-likeness (QED) is 0.874. The van der Waals surface area contributed by atoms with Crippen molar-refractivity contribution in [1.29, 1.82) is 0 Å². The van der Waals surface area contributed by atoms with Crippen LogP contribution in [0.15, 0.2) is 18.2 Å². The average molecular weight is 295 g/mol. The lowest BCUT2D eigenvalue weighted by molar-refractivity contribution is -0.124. The van der Waals surface area contributed by atoms with Crippen LogP contribution in [0.25, 0.3) is 0 Å². The lowest BCUT2D eigenvalue weighted by Gasteiger charge is -2.22. The van der Waals surface area contributed by atoms with Crippen molar-refractivity contribution >= 4 is 11.9 Å². The van der Waals surface area contributed by atoms with Gasteiger partial charge in [-0.05, 0) is 25.0 Å². The van der Waals surface area contributed by atoms with Crippen LogP contribution < -0.4 is 10.1 Å². The summed E-state index contributed by atoms with van der Waals surface area (Å²) in [4.78, 5) is 22.8. The maximum atomic E-state index is 13.4. The molecule has 21 heavy (non-hydrogen) atoms. The number of benzene rings is 1. The summed E-state index contributed by atoms with van der Waals surface area (Å²) in [5.74, 6) is -2.76. The van der Waals surface area contributed by atoms with Gasteiger partial charge in [0.05, 0.1) is 0 Å². The summed E-state index contributed by atoms with van der Waals surface area (Å²) in [6.45, 7) is -0.319. The molecule has 1 saturated carbocycles. The lowest BCUT2D eigenvalue weighted by atomic mass is 9.95. The van der Waals surface area contributed by atoms with Gasteiger partial charge >= 0.3 is 5.97 Å². The molecule has 0 atom stereocenters. The lowest BCUT2D eigenvalue weighted by Crippen LogP contribution is -2.39. The standard InChI is InChI=1S/C15H18FNO4/c16-11-7-4-8-12(14(11)15(19)20)21-9-13(18)17-10-5-2-1-3-6-10/h4,7-8,10H,1-3,5-6,9H2,(H,17,18)(H,19,20). The average Bonchev–Trinajstić information content (AvgIpc) is 2.45. The van der Waals surface area contributed by atoms with Crippen molar-refractivity contribution in [2.75, 3.05) is 6.61 Å². The second kappa shape index (κ2) is 7.06. The van der Waals surface area contributed by atoms with Gasteiger partial charge in [0.2, 0.25) is 0 Å². The summed E-state index contributed by atoms with van der Waals surface area (Å²) in [6.07, 6.45) is 5.28. The first-order valence-corrected chi connectivity index (χ1v) is 7.02. The van der Waals surface area contributed by atoms with Gasteiger partial charge in [0.1, 0.15) is 17.1 Å². The van der Waals surface area contributed by atoms with E-state index in [2.05, 4.69) is 5.32 Å². The zero-order valence-corrected chi connectivity index (χ0v) is 11.6. The molecule has 0 aromatic heterocycles. The molecule has 2 rings (SSSR count). The van der Waals surface area contributed by atoms with E-state index in [0.717, 1.165) is 31.7 Å². The predicted molar refractivity (Wildman–Crippen MR) is 73.9 cm³/mol. The fourth-order valence-electron chi connectivity index (χ4n) is 2.49. The Balaban J connectivity index is 1.92. The molecule has 1 aromatic carbocycles. The molecular weight excluding hydrogens is 277 g/mol. The molecule has 1 amide bonds. The van der Waals surface area contributed by atoms with Crippen molar-refractivity contribution in [2.45, 2.75) is 38.1 Å². The van der Waals surface area contributed by atoms with E-state index in [-0.39, 0.29) is 24.3 Å². The largest absolute Gasteiger partial charge is 0.483 e. The SMILES string of the molecule is O=C(COc1cccc(F)c1C(=O)O)NC1CCCCC1. The van der Waals surface area contributed by atoms with Crippen molar-refractivity contribution < 1.29 is 23.8 Å². The molecule has 0 spiro atoms. The first-order chi connectivity index (χ1) is 10.1. The number of halogens is 1. The number of hydrogen-bond acceptors (Lipinski definition) is 3. The van der Waals surface area contributed by atoms with Crippen molar-refractivity contribution in [3.8, 4) is 5.75 Å². The van der Waals surface area contributed by atoms with Gasteiger partial charge in [-0.15, -0.1) is 0 Å². The monoisotopic (exact) mass is 295 g/mol. The Morgan fingerprint density at radius 2 is 2.00 bits per heavy atom. The van der Waals surface area contributed by atoms with Gasteiger partial charge in [-0.1, -0.05) is 25.3 Å². The molecular formula is C15H18FNO4. The molecule has 1 fully saturated rings. The molecule has 0 bridgehead atoms. The van der Waals surface area contributed by atoms with E-state index in [1.807, 2.05) is 0 Å². The molecule has 2 N–H and O–H groups in total. The maximum absolute atomic E-state index is 13.4. The van der Waals surface area contributed by atoms with Crippen LogP contribution in [0.5, 0.6) is 5.75 Å². The molecule has 0 unspecified atom stereocenters. The molecule has 114 valence electrons. The minimum atomic E-state index is -1.42. The fourth-order valence-corrected chi connectivity index (χ4v) is 2.49. The fraction of sp³-hybridized carbons (Fsp3) is 0.467. The summed E-state index contributed by atoms with van der Waals surface area (Å²) < 4.78 is 18.6. The van der Waals surface area contributed by atoms with E-state index in [1.165, 1.54) is 18.6 Å². The highest BCUT2D eigenvalue weighted by Gasteiger charge is 2.19. The summed E-state index contributed by atoms with van der Waals surface area (Å²) in [6, 6.07) is 3.87. The number of nitrogens with one attached hydrogen (secondary N) is 1. The van der Waals surface area contributed by atoms with Crippen LogP contribution in [-0.4, -0.2) is 29.6 Å². The van der Waals surface area contributed by atoms with E-state index >= 15 is 0 Å². The third-order valence-corrected chi connectivity index (χ3v) is 3.52. The normalized spacial score (nSPS) is 15.5. The Kier molecular flexibility index (Phi) is 5.14. The van der Waals surface area contributed by atoms with Gasteiger partial charge in [-0.3, -0.25) is 4.79 Å². The number of ether oxygens (including phenoxy) is 1. The molecule has 0 heterocycles. The first kappa shape index (κ1) is 15.3. The smallest absolute Gasteiger partial charge is 0.342 e. The van der Waals surface area contributed by atoms with E-state index < -0.39 is 17.3 Å². The molecule has 1 aliphatic rings. The number of carbonyl (C=O) groups excluding carboxylic acids is 1. The zero-order valence-electron chi connectivity index (χ0n) is 11.6. The summed E-state index contributed by atoms with van der Waals surface area (Å²) in [7, 11) is 0. The van der Waals surface area contributed by atoms with Crippen LogP contribution in [0.4, 0.5) is 4.39 Å². The second-order valence-electron chi connectivity index (χ2n) is 5.11. The van der Waals surface area contributed by atoms with E-state index in [1.54, 1.807) is 0 Å². The van der Waals surface area contributed by atoms with Crippen LogP contribution in [0, 0.1) is 5.82 Å². The first-order valence-electron chi connectivity index (χ1n) is 7.02. The predicted octanol–water partition coefficient (Wildman–Crippen LogP) is 2.35. The van der Waals surface area contributed by atoms with Crippen molar-refractivity contribution in [3.63, 3.8) is 0 Å². The number of carboxylic acids is 1. The number of amides is 1. The number of carbonyl (C=O) groups is 2. The second-order valence-corrected chi connectivity index (χ2v) is 5.11. The summed E-state index contributed by atoms with van der Waals surface area (Å²) in [5, 5.41) is 11.8. The number of rotatable bonds is 5. The number of hydrogen-bond donors (Lipinski definition) is 2. The van der Waals surface area contributed by atoms with Gasteiger partial charge in [0.25, 0.3) is 5.91 Å². The minimum Gasteiger partial charge on any atom is -0.483 e. The molecule has 6 heteroatoms. The van der Waals surface area contributed by atoms with Gasteiger partial charge < -0.3 is 15.2 Å². The highest BCUT2D eigenvalue weighted by atomic mass is 19.1. The van der Waals surface area contributed by atoms with Gasteiger partial charge in [0.15, 0.2) is 6.61 Å². The van der Waals surface area contributed by atoms with E-state index in [9.17, 15) is 14.0 Å². The van der Waals surface area contributed by atoms with Crippen LogP contribution in [0.3, 0.4) is 0 Å². The molecule has 0 saturated heterocycles. The zero-order chi connectivity index (χ0) is 15.2. The van der Waals surface area contributed by atoms with Crippen LogP contribution in [0.2, 0.25) is 0 Å². The molecule has 1 aliphatic carbocycles. The highest BCUT2D eigenvalue weighted by Crippen LogP contribution is 2.21. The Bertz CT molecular complexity index is 526. The highest BCUT2D eigenvalue weighted by molar-refractivity contribution is 5.91. The van der Waals surface area contributed by atoms with Crippen LogP contribution >= 0.6 is 0 Å². The topological polar surface area (TPSA) is 75.6 Å². The van der Waals surface area contributed by atoms with Crippen molar-refractivity contribution in [2.24, 2.45) is 0 Å². The van der Waals surface area contributed by atoms with Crippen molar-refractivity contribution in [1.82, 2.24) is 5.32 Å². The van der Waals surface area contributed by atoms with Gasteiger partial charge in [-0.2, -0.15) is 0 Å². The number of aromatic carboxylic acids is 1. The molecule has 5 nitrogen and oxygen atoms in total. The van der Waals surface area contributed by atoms with Gasteiger partial charge in [-0.25, -0.2) is 9.18 Å². The molecule has 1 aromatic rings. The van der Waals surface area contributed by atoms with Crippen molar-refractivity contribution in [3.05, 3.63) is 29.6 Å². The third-order valence-electron chi connectivity index (χ3n) is 3.52. The summed E-state index contributed by atoms with van der Waals surface area (Å²) >= 11 is 0. The number of carboxylic acid groups (broad SMARTS) is 1. The van der Waals surface area contributed by atoms with E-state index in [4.69, 9.17) is 9.84 Å². The van der Waals surface area contributed by atoms with E-state index in [0.29, 0.717) is 0 Å². The summed E-state index contributed by atoms with van der Waals surface area (Å²) in [5.41, 5.74) is -0.553. The molecule has 0 aliphatic heterocycles. The molecule has 0 radical (unpaired) electrons. The maximum Gasteiger partial charge on any atom is 0.342 e. The van der Waals surface area contributed by atoms with Gasteiger partial charge in [0, 0.05) is 6.04 Å². The van der Waals surface area contributed by atoms with Crippen LogP contribution in [0.1, 0.15) is 42.5 Å². The van der Waals surface area contributed by atoms with Crippen LogP contribution in [-0.2, 0) is 4.79 Å². The Labute approximate surface area is 122 Å². The Morgan fingerprint density at radius 3 is 2.67 bits per heavy atom.